The number of benzene rings is 1. The molecule has 0 saturated heterocycles. The molecule has 0 amide bonds. The third-order valence-corrected chi connectivity index (χ3v) is 2.47. The van der Waals surface area contributed by atoms with Crippen LogP contribution in [-0.4, -0.2) is 29.9 Å². The normalized spacial score (nSPS) is 12.5. The van der Waals surface area contributed by atoms with Crippen LogP contribution in [0, 0.1) is 6.92 Å². The van der Waals surface area contributed by atoms with Crippen LogP contribution in [0.15, 0.2) is 23.4 Å². The van der Waals surface area contributed by atoms with Crippen LogP contribution in [-0.2, 0) is 4.74 Å². The van der Waals surface area contributed by atoms with Crippen molar-refractivity contribution in [3.8, 4) is 5.75 Å². The molecule has 5 heteroatoms. The third-order valence-electron chi connectivity index (χ3n) is 2.47. The number of ether oxygens (including phenoxy) is 2. The summed E-state index contributed by atoms with van der Waals surface area (Å²) in [5.41, 5.74) is 6.99. The van der Waals surface area contributed by atoms with Gasteiger partial charge in [0.2, 0.25) is 0 Å². The Hall–Kier alpha value is -1.75. The van der Waals surface area contributed by atoms with Gasteiger partial charge in [-0.05, 0) is 39.3 Å². The van der Waals surface area contributed by atoms with Crippen LogP contribution in [0.5, 0.6) is 5.75 Å². The average molecular weight is 266 g/mol. The molecule has 1 aromatic carbocycles. The maximum atomic E-state index is 8.65. The van der Waals surface area contributed by atoms with Crippen LogP contribution in [0.1, 0.15) is 31.9 Å². The Labute approximate surface area is 114 Å². The van der Waals surface area contributed by atoms with Gasteiger partial charge in [0.05, 0.1) is 12.2 Å². The van der Waals surface area contributed by atoms with Gasteiger partial charge in [-0.3, -0.25) is 0 Å². The van der Waals surface area contributed by atoms with Gasteiger partial charge in [0.25, 0.3) is 0 Å². The van der Waals surface area contributed by atoms with Gasteiger partial charge in [-0.2, -0.15) is 0 Å². The van der Waals surface area contributed by atoms with Crippen molar-refractivity contribution < 1.29 is 14.7 Å². The Morgan fingerprint density at radius 1 is 1.32 bits per heavy atom. The molecule has 0 bridgehead atoms. The van der Waals surface area contributed by atoms with Crippen LogP contribution in [0.4, 0.5) is 0 Å². The molecular weight excluding hydrogens is 244 g/mol. The van der Waals surface area contributed by atoms with E-state index in [0.29, 0.717) is 24.5 Å². The number of hydrogen-bond acceptors (Lipinski definition) is 4. The molecule has 0 fully saturated rings. The first-order chi connectivity index (χ1) is 8.83. The third kappa shape index (κ3) is 5.18. The second-order valence-electron chi connectivity index (χ2n) is 5.27. The van der Waals surface area contributed by atoms with Crippen molar-refractivity contribution in [1.29, 1.82) is 0 Å². The Kier molecular flexibility index (Phi) is 5.18. The number of hydrogen-bond donors (Lipinski definition) is 2. The lowest BCUT2D eigenvalue weighted by Gasteiger charge is -2.19. The maximum absolute atomic E-state index is 8.65. The second kappa shape index (κ2) is 6.43. The number of oxime groups is 1. The van der Waals surface area contributed by atoms with E-state index in [2.05, 4.69) is 5.16 Å². The summed E-state index contributed by atoms with van der Waals surface area (Å²) in [5, 5.41) is 11.6. The molecule has 0 atom stereocenters. The molecule has 0 saturated carbocycles. The Balaban J connectivity index is 2.63. The van der Waals surface area contributed by atoms with Crippen molar-refractivity contribution >= 4 is 5.84 Å². The summed E-state index contributed by atoms with van der Waals surface area (Å²) >= 11 is 0. The Morgan fingerprint density at radius 3 is 2.58 bits per heavy atom. The van der Waals surface area contributed by atoms with Crippen LogP contribution in [0.2, 0.25) is 0 Å². The lowest BCUT2D eigenvalue weighted by atomic mass is 10.1. The van der Waals surface area contributed by atoms with E-state index in [1.807, 2.05) is 33.8 Å². The van der Waals surface area contributed by atoms with E-state index in [0.717, 1.165) is 5.56 Å². The molecule has 1 aromatic rings. The standard InChI is InChI=1S/C14H22N2O3/c1-10-5-6-11(13(15)16-17)9-12(10)18-7-8-19-14(2,3)4/h5-6,9,17H,7-8H2,1-4H3,(H2,15,16). The number of nitrogens with two attached hydrogens (primary N) is 1. The smallest absolute Gasteiger partial charge is 0.170 e. The molecule has 1 rings (SSSR count). The van der Waals surface area contributed by atoms with E-state index < -0.39 is 0 Å². The molecule has 0 heterocycles. The summed E-state index contributed by atoms with van der Waals surface area (Å²) in [6.07, 6.45) is 0. The molecule has 5 nitrogen and oxygen atoms in total. The molecule has 0 aliphatic carbocycles. The van der Waals surface area contributed by atoms with Gasteiger partial charge in [0, 0.05) is 5.56 Å². The number of amidine groups is 1. The van der Waals surface area contributed by atoms with Crippen molar-refractivity contribution in [3.05, 3.63) is 29.3 Å². The quantitative estimate of drug-likeness (QED) is 0.282. The van der Waals surface area contributed by atoms with Gasteiger partial charge in [-0.1, -0.05) is 17.3 Å². The van der Waals surface area contributed by atoms with Crippen molar-refractivity contribution in [2.75, 3.05) is 13.2 Å². The predicted molar refractivity (Wildman–Crippen MR) is 74.9 cm³/mol. The highest BCUT2D eigenvalue weighted by atomic mass is 16.5. The molecule has 19 heavy (non-hydrogen) atoms. The van der Waals surface area contributed by atoms with Gasteiger partial charge < -0.3 is 20.4 Å². The molecule has 0 aliphatic rings. The van der Waals surface area contributed by atoms with Crippen molar-refractivity contribution in [3.63, 3.8) is 0 Å². The van der Waals surface area contributed by atoms with Crippen LogP contribution >= 0.6 is 0 Å². The SMILES string of the molecule is Cc1ccc(/C(N)=N/O)cc1OCCOC(C)(C)C. The highest BCUT2D eigenvalue weighted by Gasteiger charge is 2.10. The molecule has 3 N–H and O–H groups in total. The summed E-state index contributed by atoms with van der Waals surface area (Å²) in [4.78, 5) is 0. The van der Waals surface area contributed by atoms with Gasteiger partial charge in [-0.25, -0.2) is 0 Å². The number of nitrogens with zero attached hydrogens (tertiary/aromatic N) is 1. The van der Waals surface area contributed by atoms with Crippen molar-refractivity contribution in [2.24, 2.45) is 10.9 Å². The second-order valence-corrected chi connectivity index (χ2v) is 5.27. The van der Waals surface area contributed by atoms with Gasteiger partial charge >= 0.3 is 0 Å². The molecule has 106 valence electrons. The van der Waals surface area contributed by atoms with Crippen LogP contribution < -0.4 is 10.5 Å². The summed E-state index contributed by atoms with van der Waals surface area (Å²) in [6, 6.07) is 5.40. The lowest BCUT2D eigenvalue weighted by Crippen LogP contribution is -2.22. The molecule has 0 unspecified atom stereocenters. The average Bonchev–Trinajstić information content (AvgIpc) is 2.34. The zero-order chi connectivity index (χ0) is 14.5. The highest BCUT2D eigenvalue weighted by Crippen LogP contribution is 2.19. The fourth-order valence-electron chi connectivity index (χ4n) is 1.47. The van der Waals surface area contributed by atoms with Crippen molar-refractivity contribution in [1.82, 2.24) is 0 Å². The minimum absolute atomic E-state index is 0.0655. The van der Waals surface area contributed by atoms with E-state index in [1.54, 1.807) is 12.1 Å². The fourth-order valence-corrected chi connectivity index (χ4v) is 1.47. The van der Waals surface area contributed by atoms with Gasteiger partial charge in [0.1, 0.15) is 12.4 Å². The predicted octanol–water partition coefficient (Wildman–Crippen LogP) is 2.28. The molecule has 0 spiro atoms. The minimum atomic E-state index is -0.172. The first-order valence-corrected chi connectivity index (χ1v) is 6.19. The topological polar surface area (TPSA) is 77.1 Å². The van der Waals surface area contributed by atoms with E-state index in [1.165, 1.54) is 0 Å². The van der Waals surface area contributed by atoms with Crippen molar-refractivity contribution in [2.45, 2.75) is 33.3 Å². The summed E-state index contributed by atoms with van der Waals surface area (Å²) in [5.74, 6) is 0.775. The fraction of sp³-hybridized carbons (Fsp3) is 0.500. The van der Waals surface area contributed by atoms with Crippen LogP contribution in [0.3, 0.4) is 0 Å². The van der Waals surface area contributed by atoms with E-state index in [-0.39, 0.29) is 11.4 Å². The van der Waals surface area contributed by atoms with E-state index in [9.17, 15) is 0 Å². The molecule has 0 aromatic heterocycles. The summed E-state index contributed by atoms with van der Waals surface area (Å²) in [7, 11) is 0. The zero-order valence-corrected chi connectivity index (χ0v) is 11.9. The molecular formula is C14H22N2O3. The minimum Gasteiger partial charge on any atom is -0.491 e. The maximum Gasteiger partial charge on any atom is 0.170 e. The molecule has 0 aliphatic heterocycles. The Morgan fingerprint density at radius 2 is 2.00 bits per heavy atom. The number of aryl methyl sites for hydroxylation is 1. The van der Waals surface area contributed by atoms with E-state index in [4.69, 9.17) is 20.4 Å². The monoisotopic (exact) mass is 266 g/mol. The summed E-state index contributed by atoms with van der Waals surface area (Å²) in [6.45, 7) is 8.90. The zero-order valence-electron chi connectivity index (χ0n) is 11.9. The Bertz CT molecular complexity index is 450. The number of rotatable bonds is 5. The summed E-state index contributed by atoms with van der Waals surface area (Å²) < 4.78 is 11.2. The first kappa shape index (κ1) is 15.3. The van der Waals surface area contributed by atoms with Gasteiger partial charge in [-0.15, -0.1) is 0 Å². The van der Waals surface area contributed by atoms with Crippen LogP contribution in [0.25, 0.3) is 0 Å². The lowest BCUT2D eigenvalue weighted by molar-refractivity contribution is -0.0163. The van der Waals surface area contributed by atoms with Gasteiger partial charge in [0.15, 0.2) is 5.84 Å². The highest BCUT2D eigenvalue weighted by molar-refractivity contribution is 5.97. The molecule has 0 radical (unpaired) electrons. The van der Waals surface area contributed by atoms with E-state index >= 15 is 0 Å². The largest absolute Gasteiger partial charge is 0.491 e. The first-order valence-electron chi connectivity index (χ1n) is 6.19.